The predicted molar refractivity (Wildman–Crippen MR) is 80.6 cm³/mol. The standard InChI is InChI=1S/C16H24N2O/c1-17(2)15-7-5-14(6-8-15)4-3-11-18-12-9-16(19)10-13-18/h3-8,16,19H,9-13H2,1-2H3/p+1/b4-3+. The summed E-state index contributed by atoms with van der Waals surface area (Å²) in [6.07, 6.45) is 6.27. The van der Waals surface area contributed by atoms with Crippen molar-refractivity contribution in [3.8, 4) is 0 Å². The number of likely N-dealkylation sites (tertiary alicyclic amines) is 1. The van der Waals surface area contributed by atoms with E-state index >= 15 is 0 Å². The fraction of sp³-hybridized carbons (Fsp3) is 0.500. The van der Waals surface area contributed by atoms with Gasteiger partial charge in [0.25, 0.3) is 0 Å². The lowest BCUT2D eigenvalue weighted by Crippen LogP contribution is -3.13. The SMILES string of the molecule is CN(C)c1ccc(/C=C/C[NH+]2CCC(O)CC2)cc1. The first-order valence-electron chi connectivity index (χ1n) is 7.11. The van der Waals surface area contributed by atoms with Gasteiger partial charge in [0, 0.05) is 32.6 Å². The lowest BCUT2D eigenvalue weighted by atomic mass is 10.1. The van der Waals surface area contributed by atoms with Crippen LogP contribution in [-0.4, -0.2) is 44.9 Å². The van der Waals surface area contributed by atoms with E-state index in [1.807, 2.05) is 0 Å². The van der Waals surface area contributed by atoms with E-state index in [0.717, 1.165) is 32.5 Å². The minimum atomic E-state index is -0.0636. The van der Waals surface area contributed by atoms with Crippen molar-refractivity contribution in [1.82, 2.24) is 0 Å². The van der Waals surface area contributed by atoms with Crippen LogP contribution in [0.3, 0.4) is 0 Å². The largest absolute Gasteiger partial charge is 0.393 e. The van der Waals surface area contributed by atoms with E-state index in [1.54, 1.807) is 4.90 Å². The third-order valence-electron chi connectivity index (χ3n) is 3.79. The summed E-state index contributed by atoms with van der Waals surface area (Å²) in [5.41, 5.74) is 2.48. The summed E-state index contributed by atoms with van der Waals surface area (Å²) in [5, 5.41) is 9.47. The summed E-state index contributed by atoms with van der Waals surface area (Å²) >= 11 is 0. The van der Waals surface area contributed by atoms with E-state index < -0.39 is 0 Å². The highest BCUT2D eigenvalue weighted by atomic mass is 16.3. The minimum Gasteiger partial charge on any atom is -0.393 e. The minimum absolute atomic E-state index is 0.0636. The van der Waals surface area contributed by atoms with E-state index in [-0.39, 0.29) is 6.10 Å². The average Bonchev–Trinajstić information content (AvgIpc) is 2.41. The Bertz CT molecular complexity index is 403. The molecule has 0 aromatic heterocycles. The third kappa shape index (κ3) is 4.37. The van der Waals surface area contributed by atoms with Crippen molar-refractivity contribution >= 4 is 11.8 Å². The van der Waals surface area contributed by atoms with E-state index in [9.17, 15) is 5.11 Å². The Labute approximate surface area is 116 Å². The van der Waals surface area contributed by atoms with E-state index in [0.29, 0.717) is 0 Å². The molecular weight excluding hydrogens is 236 g/mol. The monoisotopic (exact) mass is 261 g/mol. The van der Waals surface area contributed by atoms with Gasteiger partial charge in [-0.2, -0.15) is 0 Å². The molecule has 0 unspecified atom stereocenters. The number of anilines is 1. The van der Waals surface area contributed by atoms with Gasteiger partial charge in [0.15, 0.2) is 0 Å². The third-order valence-corrected chi connectivity index (χ3v) is 3.79. The second-order valence-corrected chi connectivity index (χ2v) is 5.57. The zero-order valence-corrected chi connectivity index (χ0v) is 12.0. The van der Waals surface area contributed by atoms with Gasteiger partial charge in [-0.15, -0.1) is 0 Å². The molecule has 1 aromatic carbocycles. The number of aliphatic hydroxyl groups is 1. The molecule has 2 N–H and O–H groups in total. The molecule has 3 heteroatoms. The highest BCUT2D eigenvalue weighted by molar-refractivity contribution is 5.55. The van der Waals surface area contributed by atoms with Gasteiger partial charge < -0.3 is 14.9 Å². The molecule has 2 rings (SSSR count). The molecule has 0 radical (unpaired) electrons. The molecule has 0 saturated carbocycles. The van der Waals surface area contributed by atoms with Crippen LogP contribution in [0, 0.1) is 0 Å². The van der Waals surface area contributed by atoms with Gasteiger partial charge in [-0.25, -0.2) is 0 Å². The molecule has 0 aliphatic carbocycles. The van der Waals surface area contributed by atoms with Gasteiger partial charge in [0.05, 0.1) is 25.7 Å². The summed E-state index contributed by atoms with van der Waals surface area (Å²) < 4.78 is 0. The maximum atomic E-state index is 9.47. The number of aliphatic hydroxyl groups excluding tert-OH is 1. The van der Waals surface area contributed by atoms with Gasteiger partial charge >= 0.3 is 0 Å². The van der Waals surface area contributed by atoms with E-state index in [2.05, 4.69) is 55.4 Å². The highest BCUT2D eigenvalue weighted by Gasteiger charge is 2.18. The lowest BCUT2D eigenvalue weighted by molar-refractivity contribution is -0.900. The second kappa shape index (κ2) is 6.73. The number of benzene rings is 1. The number of hydrogen-bond acceptors (Lipinski definition) is 2. The molecule has 0 amide bonds. The summed E-state index contributed by atoms with van der Waals surface area (Å²) in [6.45, 7) is 3.23. The van der Waals surface area contributed by atoms with Crippen LogP contribution in [-0.2, 0) is 0 Å². The summed E-state index contributed by atoms with van der Waals surface area (Å²) in [6, 6.07) is 8.59. The molecule has 3 nitrogen and oxygen atoms in total. The van der Waals surface area contributed by atoms with Crippen LogP contribution in [0.4, 0.5) is 5.69 Å². The first kappa shape index (κ1) is 14.1. The highest BCUT2D eigenvalue weighted by Crippen LogP contribution is 2.12. The Morgan fingerprint density at radius 2 is 1.84 bits per heavy atom. The number of nitrogens with zero attached hydrogens (tertiary/aromatic N) is 1. The Morgan fingerprint density at radius 1 is 1.21 bits per heavy atom. The molecule has 19 heavy (non-hydrogen) atoms. The number of piperidine rings is 1. The first-order valence-corrected chi connectivity index (χ1v) is 7.11. The molecule has 1 fully saturated rings. The van der Waals surface area contributed by atoms with Crippen LogP contribution in [0.5, 0.6) is 0 Å². The van der Waals surface area contributed by atoms with Crippen LogP contribution in [0.25, 0.3) is 6.08 Å². The molecule has 0 atom stereocenters. The zero-order valence-electron chi connectivity index (χ0n) is 12.0. The van der Waals surface area contributed by atoms with Crippen molar-refractivity contribution in [2.75, 3.05) is 38.6 Å². The van der Waals surface area contributed by atoms with Crippen molar-refractivity contribution < 1.29 is 10.0 Å². The second-order valence-electron chi connectivity index (χ2n) is 5.57. The van der Waals surface area contributed by atoms with Crippen LogP contribution < -0.4 is 9.80 Å². The molecule has 0 spiro atoms. The van der Waals surface area contributed by atoms with Crippen molar-refractivity contribution in [3.63, 3.8) is 0 Å². The molecule has 1 aliphatic rings. The molecule has 104 valence electrons. The number of nitrogens with one attached hydrogen (secondary N) is 1. The van der Waals surface area contributed by atoms with Crippen molar-refractivity contribution in [2.24, 2.45) is 0 Å². The van der Waals surface area contributed by atoms with Crippen LogP contribution >= 0.6 is 0 Å². The summed E-state index contributed by atoms with van der Waals surface area (Å²) in [4.78, 5) is 3.68. The quantitative estimate of drug-likeness (QED) is 0.839. The Morgan fingerprint density at radius 3 is 2.42 bits per heavy atom. The Balaban J connectivity index is 1.82. The smallest absolute Gasteiger partial charge is 0.0961 e. The van der Waals surface area contributed by atoms with Crippen LogP contribution in [0.15, 0.2) is 30.3 Å². The molecular formula is C16H25N2O+. The van der Waals surface area contributed by atoms with E-state index in [4.69, 9.17) is 0 Å². The van der Waals surface area contributed by atoms with E-state index in [1.165, 1.54) is 11.3 Å². The fourth-order valence-electron chi connectivity index (χ4n) is 2.46. The predicted octanol–water partition coefficient (Wildman–Crippen LogP) is 0.805. The van der Waals surface area contributed by atoms with Gasteiger partial charge in [0.2, 0.25) is 0 Å². The molecule has 1 aromatic rings. The molecule has 1 saturated heterocycles. The maximum Gasteiger partial charge on any atom is 0.0961 e. The number of hydrogen-bond donors (Lipinski definition) is 2. The first-order chi connectivity index (χ1) is 9.15. The lowest BCUT2D eigenvalue weighted by Gasteiger charge is -2.25. The molecule has 1 heterocycles. The van der Waals surface area contributed by atoms with Crippen molar-refractivity contribution in [1.29, 1.82) is 0 Å². The van der Waals surface area contributed by atoms with Gasteiger partial charge in [-0.1, -0.05) is 18.2 Å². The zero-order chi connectivity index (χ0) is 13.7. The molecule has 0 bridgehead atoms. The fourth-order valence-corrected chi connectivity index (χ4v) is 2.46. The Kier molecular flexibility index (Phi) is 5.00. The average molecular weight is 261 g/mol. The van der Waals surface area contributed by atoms with Crippen LogP contribution in [0.1, 0.15) is 18.4 Å². The topological polar surface area (TPSA) is 27.9 Å². The van der Waals surface area contributed by atoms with Gasteiger partial charge in [-0.3, -0.25) is 0 Å². The van der Waals surface area contributed by atoms with Gasteiger partial charge in [-0.05, 0) is 23.8 Å². The number of quaternary nitrogens is 1. The molecule has 1 aliphatic heterocycles. The Hall–Kier alpha value is -1.32. The van der Waals surface area contributed by atoms with Crippen molar-refractivity contribution in [3.05, 3.63) is 35.9 Å². The normalized spacial score (nSPS) is 23.7. The van der Waals surface area contributed by atoms with Crippen molar-refractivity contribution in [2.45, 2.75) is 18.9 Å². The van der Waals surface area contributed by atoms with Gasteiger partial charge in [0.1, 0.15) is 0 Å². The summed E-state index contributed by atoms with van der Waals surface area (Å²) in [5.74, 6) is 0. The number of rotatable bonds is 4. The van der Waals surface area contributed by atoms with Crippen LogP contribution in [0.2, 0.25) is 0 Å². The summed E-state index contributed by atoms with van der Waals surface area (Å²) in [7, 11) is 4.11. The maximum absolute atomic E-state index is 9.47.